The number of phenols is 1. The van der Waals surface area contributed by atoms with Crippen LogP contribution in [-0.4, -0.2) is 48.4 Å². The number of carbonyl (C=O) groups is 2. The second-order valence-electron chi connectivity index (χ2n) is 5.65. The number of piperazine rings is 1. The van der Waals surface area contributed by atoms with Gasteiger partial charge in [0.2, 0.25) is 0 Å². The Labute approximate surface area is 145 Å². The number of aromatic hydroxyl groups is 1. The van der Waals surface area contributed by atoms with E-state index in [9.17, 15) is 14.7 Å². The summed E-state index contributed by atoms with van der Waals surface area (Å²) in [7, 11) is 0. The topological polar surface area (TPSA) is 60.9 Å². The van der Waals surface area contributed by atoms with Crippen LogP contribution in [0.25, 0.3) is 0 Å². The molecule has 124 valence electrons. The molecule has 1 heterocycles. The highest BCUT2D eigenvalue weighted by Crippen LogP contribution is 2.21. The Kier molecular flexibility index (Phi) is 4.71. The lowest BCUT2D eigenvalue weighted by Crippen LogP contribution is -2.48. The van der Waals surface area contributed by atoms with Gasteiger partial charge in [-0.3, -0.25) is 9.59 Å². The van der Waals surface area contributed by atoms with Crippen molar-refractivity contribution in [1.29, 1.82) is 0 Å². The van der Waals surface area contributed by atoms with E-state index in [-0.39, 0.29) is 11.7 Å². The highest BCUT2D eigenvalue weighted by atomic mass is 35.5. The number of halogens is 1. The SMILES string of the molecule is O=Cc1ccc(C(=O)N2CCN(c3ccc(O)cc3)CC2)cc1Cl. The van der Waals surface area contributed by atoms with Crippen LogP contribution in [0.3, 0.4) is 0 Å². The number of amides is 1. The van der Waals surface area contributed by atoms with Gasteiger partial charge in [0.25, 0.3) is 5.91 Å². The van der Waals surface area contributed by atoms with Crippen LogP contribution in [0.2, 0.25) is 5.02 Å². The molecule has 1 aliphatic heterocycles. The van der Waals surface area contributed by atoms with Crippen molar-refractivity contribution in [2.24, 2.45) is 0 Å². The first-order valence-electron chi connectivity index (χ1n) is 7.66. The van der Waals surface area contributed by atoms with Crippen LogP contribution in [0.4, 0.5) is 5.69 Å². The van der Waals surface area contributed by atoms with E-state index in [4.69, 9.17) is 11.6 Å². The Morgan fingerprint density at radius 3 is 2.29 bits per heavy atom. The zero-order valence-corrected chi connectivity index (χ0v) is 13.7. The lowest BCUT2D eigenvalue weighted by molar-refractivity contribution is 0.0746. The fraction of sp³-hybridized carbons (Fsp3) is 0.222. The minimum Gasteiger partial charge on any atom is -0.508 e. The largest absolute Gasteiger partial charge is 0.508 e. The van der Waals surface area contributed by atoms with Crippen molar-refractivity contribution < 1.29 is 14.7 Å². The summed E-state index contributed by atoms with van der Waals surface area (Å²) in [5.41, 5.74) is 1.90. The van der Waals surface area contributed by atoms with Gasteiger partial charge in [0.05, 0.1) is 5.02 Å². The number of rotatable bonds is 3. The van der Waals surface area contributed by atoms with E-state index in [1.165, 1.54) is 0 Å². The summed E-state index contributed by atoms with van der Waals surface area (Å²) in [6.07, 6.45) is 0.674. The van der Waals surface area contributed by atoms with Gasteiger partial charge in [-0.2, -0.15) is 0 Å². The summed E-state index contributed by atoms with van der Waals surface area (Å²) in [6, 6.07) is 11.8. The quantitative estimate of drug-likeness (QED) is 0.870. The van der Waals surface area contributed by atoms with Crippen molar-refractivity contribution in [3.63, 3.8) is 0 Å². The first kappa shape index (κ1) is 16.3. The van der Waals surface area contributed by atoms with Gasteiger partial charge in [0.1, 0.15) is 5.75 Å². The fourth-order valence-corrected chi connectivity index (χ4v) is 2.99. The molecule has 6 heteroatoms. The molecule has 1 aliphatic rings. The van der Waals surface area contributed by atoms with Crippen LogP contribution in [0.1, 0.15) is 20.7 Å². The van der Waals surface area contributed by atoms with Gasteiger partial charge in [-0.25, -0.2) is 0 Å². The molecule has 3 rings (SSSR count). The first-order valence-corrected chi connectivity index (χ1v) is 8.04. The molecule has 2 aromatic carbocycles. The van der Waals surface area contributed by atoms with Crippen molar-refractivity contribution in [3.8, 4) is 5.75 Å². The molecule has 0 spiro atoms. The molecular formula is C18H17ClN2O3. The minimum atomic E-state index is -0.0836. The van der Waals surface area contributed by atoms with Gasteiger partial charge in [0, 0.05) is 43.0 Å². The van der Waals surface area contributed by atoms with Crippen molar-refractivity contribution in [3.05, 3.63) is 58.6 Å². The predicted octanol–water partition coefficient (Wildman–Crippen LogP) is 2.82. The Balaban J connectivity index is 1.65. The Hall–Kier alpha value is -2.53. The van der Waals surface area contributed by atoms with Crippen LogP contribution in [-0.2, 0) is 0 Å². The van der Waals surface area contributed by atoms with Crippen molar-refractivity contribution in [1.82, 2.24) is 4.90 Å². The maximum absolute atomic E-state index is 12.6. The zero-order chi connectivity index (χ0) is 17.1. The summed E-state index contributed by atoms with van der Waals surface area (Å²) in [5, 5.41) is 9.64. The maximum atomic E-state index is 12.6. The number of hydrogen-bond donors (Lipinski definition) is 1. The highest BCUT2D eigenvalue weighted by molar-refractivity contribution is 6.33. The summed E-state index contributed by atoms with van der Waals surface area (Å²) in [6.45, 7) is 2.65. The van der Waals surface area contributed by atoms with E-state index in [1.54, 1.807) is 35.2 Å². The second kappa shape index (κ2) is 6.93. The number of nitrogens with zero attached hydrogens (tertiary/aromatic N) is 2. The van der Waals surface area contributed by atoms with Crippen LogP contribution in [0.15, 0.2) is 42.5 Å². The number of aldehydes is 1. The molecule has 2 aromatic rings. The van der Waals surface area contributed by atoms with Crippen molar-refractivity contribution in [2.75, 3.05) is 31.1 Å². The van der Waals surface area contributed by atoms with Gasteiger partial charge in [0.15, 0.2) is 6.29 Å². The van der Waals surface area contributed by atoms with Crippen LogP contribution < -0.4 is 4.90 Å². The molecular weight excluding hydrogens is 328 g/mol. The molecule has 0 aliphatic carbocycles. The number of benzene rings is 2. The van der Waals surface area contributed by atoms with Gasteiger partial charge >= 0.3 is 0 Å². The first-order chi connectivity index (χ1) is 11.6. The molecule has 1 fully saturated rings. The number of carbonyl (C=O) groups excluding carboxylic acids is 2. The smallest absolute Gasteiger partial charge is 0.254 e. The number of phenolic OH excluding ortho intramolecular Hbond substituents is 1. The van der Waals surface area contributed by atoms with Crippen molar-refractivity contribution in [2.45, 2.75) is 0 Å². The van der Waals surface area contributed by atoms with E-state index < -0.39 is 0 Å². The minimum absolute atomic E-state index is 0.0836. The Morgan fingerprint density at radius 1 is 1.04 bits per heavy atom. The highest BCUT2D eigenvalue weighted by Gasteiger charge is 2.22. The number of anilines is 1. The third kappa shape index (κ3) is 3.36. The lowest BCUT2D eigenvalue weighted by atomic mass is 10.1. The fourth-order valence-electron chi connectivity index (χ4n) is 2.77. The molecule has 5 nitrogen and oxygen atoms in total. The van der Waals surface area contributed by atoms with E-state index >= 15 is 0 Å². The second-order valence-corrected chi connectivity index (χ2v) is 6.06. The zero-order valence-electron chi connectivity index (χ0n) is 13.0. The molecule has 1 amide bonds. The van der Waals surface area contributed by atoms with E-state index in [2.05, 4.69) is 4.90 Å². The van der Waals surface area contributed by atoms with Crippen LogP contribution in [0.5, 0.6) is 5.75 Å². The molecule has 1 N–H and O–H groups in total. The van der Waals surface area contributed by atoms with Gasteiger partial charge in [-0.05, 0) is 42.5 Å². The Bertz CT molecular complexity index is 753. The normalized spacial score (nSPS) is 14.5. The third-order valence-electron chi connectivity index (χ3n) is 4.16. The van der Waals surface area contributed by atoms with E-state index in [1.807, 2.05) is 12.1 Å². The van der Waals surface area contributed by atoms with Gasteiger partial charge in [-0.15, -0.1) is 0 Å². The standard InChI is InChI=1S/C18H17ClN2O3/c19-17-11-13(1-2-14(17)12-22)18(24)21-9-7-20(8-10-21)15-3-5-16(23)6-4-15/h1-6,11-12,23H,7-10H2. The average molecular weight is 345 g/mol. The number of hydrogen-bond acceptors (Lipinski definition) is 4. The molecule has 0 atom stereocenters. The molecule has 0 unspecified atom stereocenters. The van der Waals surface area contributed by atoms with Gasteiger partial charge < -0.3 is 14.9 Å². The summed E-state index contributed by atoms with van der Waals surface area (Å²) in [5.74, 6) is 0.155. The predicted molar refractivity (Wildman–Crippen MR) is 93.1 cm³/mol. The molecule has 24 heavy (non-hydrogen) atoms. The molecule has 0 aromatic heterocycles. The third-order valence-corrected chi connectivity index (χ3v) is 4.48. The van der Waals surface area contributed by atoms with Crippen LogP contribution in [0, 0.1) is 0 Å². The van der Waals surface area contributed by atoms with Gasteiger partial charge in [-0.1, -0.05) is 11.6 Å². The molecule has 0 radical (unpaired) electrons. The van der Waals surface area contributed by atoms with Crippen molar-refractivity contribution >= 4 is 29.5 Å². The van der Waals surface area contributed by atoms with E-state index in [0.717, 1.165) is 18.8 Å². The summed E-state index contributed by atoms with van der Waals surface area (Å²) < 4.78 is 0. The molecule has 0 saturated carbocycles. The Morgan fingerprint density at radius 2 is 1.71 bits per heavy atom. The lowest BCUT2D eigenvalue weighted by Gasteiger charge is -2.36. The summed E-state index contributed by atoms with van der Waals surface area (Å²) in [4.78, 5) is 27.3. The molecule has 0 bridgehead atoms. The average Bonchev–Trinajstić information content (AvgIpc) is 2.62. The van der Waals surface area contributed by atoms with Crippen LogP contribution >= 0.6 is 11.6 Å². The summed E-state index contributed by atoms with van der Waals surface area (Å²) >= 11 is 6.00. The molecule has 1 saturated heterocycles. The monoisotopic (exact) mass is 344 g/mol. The van der Waals surface area contributed by atoms with E-state index in [0.29, 0.717) is 35.5 Å². The maximum Gasteiger partial charge on any atom is 0.254 e.